The molecular formula is C11H14N2O2S. The minimum atomic E-state index is -3.16. The first-order valence-electron chi connectivity index (χ1n) is 5.35. The zero-order chi connectivity index (χ0) is 11.4. The van der Waals surface area contributed by atoms with E-state index in [0.717, 1.165) is 30.8 Å². The Bertz CT molecular complexity index is 547. The van der Waals surface area contributed by atoms with Crippen molar-refractivity contribution in [3.8, 4) is 0 Å². The third kappa shape index (κ3) is 1.46. The maximum absolute atomic E-state index is 11.6. The lowest BCUT2D eigenvalue weighted by atomic mass is 10.1. The van der Waals surface area contributed by atoms with Crippen LogP contribution in [0.4, 0.5) is 11.4 Å². The Balaban J connectivity index is 2.11. The van der Waals surface area contributed by atoms with E-state index >= 15 is 0 Å². The van der Waals surface area contributed by atoms with Gasteiger partial charge in [0.1, 0.15) is 0 Å². The highest BCUT2D eigenvalue weighted by molar-refractivity contribution is 7.90. The fraction of sp³-hybridized carbons (Fsp3) is 0.455. The molecule has 1 saturated carbocycles. The molecule has 4 nitrogen and oxygen atoms in total. The summed E-state index contributed by atoms with van der Waals surface area (Å²) >= 11 is 0. The highest BCUT2D eigenvalue weighted by Gasteiger charge is 2.45. The van der Waals surface area contributed by atoms with Crippen LogP contribution in [0.15, 0.2) is 23.1 Å². The minimum absolute atomic E-state index is 0.184. The van der Waals surface area contributed by atoms with E-state index in [-0.39, 0.29) is 5.54 Å². The first-order chi connectivity index (χ1) is 7.50. The van der Waals surface area contributed by atoms with E-state index in [1.807, 2.05) is 6.07 Å². The average Bonchev–Trinajstić information content (AvgIpc) is 2.95. The number of sulfone groups is 1. The van der Waals surface area contributed by atoms with E-state index in [4.69, 9.17) is 0 Å². The second kappa shape index (κ2) is 2.91. The Hall–Kier alpha value is -1.23. The maximum atomic E-state index is 11.6. The molecule has 86 valence electrons. The van der Waals surface area contributed by atoms with Crippen LogP contribution in [0.3, 0.4) is 0 Å². The van der Waals surface area contributed by atoms with Gasteiger partial charge in [0, 0.05) is 12.8 Å². The quantitative estimate of drug-likeness (QED) is 0.777. The van der Waals surface area contributed by atoms with Crippen molar-refractivity contribution < 1.29 is 8.42 Å². The van der Waals surface area contributed by atoms with E-state index in [1.54, 1.807) is 12.1 Å². The van der Waals surface area contributed by atoms with Crippen LogP contribution in [0.5, 0.6) is 0 Å². The molecule has 0 bridgehead atoms. The molecule has 16 heavy (non-hydrogen) atoms. The fourth-order valence-electron chi connectivity index (χ4n) is 2.17. The molecule has 1 heterocycles. The molecule has 1 aromatic carbocycles. The topological polar surface area (TPSA) is 58.2 Å². The van der Waals surface area contributed by atoms with Gasteiger partial charge in [0.2, 0.25) is 0 Å². The van der Waals surface area contributed by atoms with Crippen LogP contribution in [0.25, 0.3) is 0 Å². The van der Waals surface area contributed by atoms with Crippen molar-refractivity contribution in [2.75, 3.05) is 23.4 Å². The van der Waals surface area contributed by atoms with Crippen LogP contribution in [0.2, 0.25) is 0 Å². The predicted octanol–water partition coefficient (Wildman–Crippen LogP) is 1.46. The number of para-hydroxylation sites is 1. The van der Waals surface area contributed by atoms with Gasteiger partial charge in [-0.2, -0.15) is 0 Å². The molecule has 0 atom stereocenters. The Morgan fingerprint density at radius 2 is 2.06 bits per heavy atom. The van der Waals surface area contributed by atoms with Crippen molar-refractivity contribution in [1.82, 2.24) is 0 Å². The smallest absolute Gasteiger partial charge is 0.177 e. The standard InChI is InChI=1S/C11H14N2O2S/c1-16(14,15)9-4-2-3-8-10(9)12-7-11(13-8)5-6-11/h2-4,12-13H,5-7H2,1H3. The molecule has 0 saturated heterocycles. The van der Waals surface area contributed by atoms with Gasteiger partial charge in [0.25, 0.3) is 0 Å². The zero-order valence-corrected chi connectivity index (χ0v) is 9.89. The van der Waals surface area contributed by atoms with E-state index in [2.05, 4.69) is 10.6 Å². The lowest BCUT2D eigenvalue weighted by molar-refractivity contribution is 0.601. The van der Waals surface area contributed by atoms with Gasteiger partial charge in [-0.05, 0) is 25.0 Å². The number of hydrogen-bond donors (Lipinski definition) is 2. The van der Waals surface area contributed by atoms with Gasteiger partial charge in [0.05, 0.1) is 21.8 Å². The summed E-state index contributed by atoms with van der Waals surface area (Å²) in [5, 5.41) is 6.68. The Kier molecular flexibility index (Phi) is 1.81. The molecule has 1 aliphatic carbocycles. The third-order valence-corrected chi connectivity index (χ3v) is 4.42. The van der Waals surface area contributed by atoms with E-state index in [9.17, 15) is 8.42 Å². The molecule has 1 aromatic rings. The van der Waals surface area contributed by atoms with Crippen LogP contribution < -0.4 is 10.6 Å². The van der Waals surface area contributed by atoms with Crippen LogP contribution in [-0.4, -0.2) is 26.8 Å². The molecule has 2 aliphatic rings. The third-order valence-electron chi connectivity index (χ3n) is 3.28. The molecule has 0 aromatic heterocycles. The van der Waals surface area contributed by atoms with Gasteiger partial charge in [-0.3, -0.25) is 0 Å². The number of benzene rings is 1. The van der Waals surface area contributed by atoms with E-state index < -0.39 is 9.84 Å². The second-order valence-corrected chi connectivity index (χ2v) is 6.69. The number of hydrogen-bond acceptors (Lipinski definition) is 4. The Morgan fingerprint density at radius 3 is 2.69 bits per heavy atom. The van der Waals surface area contributed by atoms with Crippen molar-refractivity contribution in [3.63, 3.8) is 0 Å². The lowest BCUT2D eigenvalue weighted by Crippen LogP contribution is -2.35. The molecular weight excluding hydrogens is 224 g/mol. The van der Waals surface area contributed by atoms with Gasteiger partial charge < -0.3 is 10.6 Å². The van der Waals surface area contributed by atoms with Crippen molar-refractivity contribution in [3.05, 3.63) is 18.2 Å². The summed E-state index contributed by atoms with van der Waals surface area (Å²) in [6.07, 6.45) is 3.55. The molecule has 1 aliphatic heterocycles. The monoisotopic (exact) mass is 238 g/mol. The van der Waals surface area contributed by atoms with Crippen molar-refractivity contribution >= 4 is 21.2 Å². The second-order valence-electron chi connectivity index (χ2n) is 4.71. The normalized spacial score (nSPS) is 20.8. The van der Waals surface area contributed by atoms with Gasteiger partial charge >= 0.3 is 0 Å². The first kappa shape index (κ1) is 9.96. The summed E-state index contributed by atoms with van der Waals surface area (Å²) in [5.41, 5.74) is 1.82. The predicted molar refractivity (Wildman–Crippen MR) is 63.6 cm³/mol. The summed E-state index contributed by atoms with van der Waals surface area (Å²) in [6, 6.07) is 5.36. The number of nitrogens with one attached hydrogen (secondary N) is 2. The number of rotatable bonds is 1. The van der Waals surface area contributed by atoms with Crippen LogP contribution in [0, 0.1) is 0 Å². The molecule has 1 fully saturated rings. The molecule has 5 heteroatoms. The fourth-order valence-corrected chi connectivity index (χ4v) is 3.05. The van der Waals surface area contributed by atoms with Crippen molar-refractivity contribution in [1.29, 1.82) is 0 Å². The SMILES string of the molecule is CS(=O)(=O)c1cccc2c1NCC1(CC1)N2. The molecule has 2 N–H and O–H groups in total. The summed E-state index contributed by atoms with van der Waals surface area (Å²) < 4.78 is 23.2. The van der Waals surface area contributed by atoms with Gasteiger partial charge in [-0.1, -0.05) is 6.07 Å². The minimum Gasteiger partial charge on any atom is -0.380 e. The van der Waals surface area contributed by atoms with E-state index in [0.29, 0.717) is 4.90 Å². The molecule has 1 spiro atoms. The molecule has 0 amide bonds. The van der Waals surface area contributed by atoms with Crippen molar-refractivity contribution in [2.45, 2.75) is 23.3 Å². The number of fused-ring (bicyclic) bond motifs is 1. The Morgan fingerprint density at radius 1 is 1.31 bits per heavy atom. The molecule has 0 unspecified atom stereocenters. The van der Waals surface area contributed by atoms with E-state index in [1.165, 1.54) is 6.26 Å². The van der Waals surface area contributed by atoms with Gasteiger partial charge in [-0.25, -0.2) is 8.42 Å². The largest absolute Gasteiger partial charge is 0.380 e. The van der Waals surface area contributed by atoms with Crippen LogP contribution in [-0.2, 0) is 9.84 Å². The average molecular weight is 238 g/mol. The van der Waals surface area contributed by atoms with Crippen LogP contribution >= 0.6 is 0 Å². The zero-order valence-electron chi connectivity index (χ0n) is 9.08. The Labute approximate surface area is 95.0 Å². The molecule has 0 radical (unpaired) electrons. The number of anilines is 2. The van der Waals surface area contributed by atoms with Crippen molar-refractivity contribution in [2.24, 2.45) is 0 Å². The van der Waals surface area contributed by atoms with Gasteiger partial charge in [0.15, 0.2) is 9.84 Å². The summed E-state index contributed by atoms with van der Waals surface area (Å²) in [6.45, 7) is 0.812. The molecule has 3 rings (SSSR count). The lowest BCUT2D eigenvalue weighted by Gasteiger charge is -2.29. The first-order valence-corrected chi connectivity index (χ1v) is 7.25. The highest BCUT2D eigenvalue weighted by Crippen LogP contribution is 2.45. The summed E-state index contributed by atoms with van der Waals surface area (Å²) in [4.78, 5) is 0.382. The maximum Gasteiger partial charge on any atom is 0.177 e. The van der Waals surface area contributed by atoms with Crippen LogP contribution in [0.1, 0.15) is 12.8 Å². The summed E-state index contributed by atoms with van der Waals surface area (Å²) in [7, 11) is -3.16. The van der Waals surface area contributed by atoms with Gasteiger partial charge in [-0.15, -0.1) is 0 Å². The highest BCUT2D eigenvalue weighted by atomic mass is 32.2. The summed E-state index contributed by atoms with van der Waals surface area (Å²) in [5.74, 6) is 0.